The zero-order valence-electron chi connectivity index (χ0n) is 14.1. The standard InChI is InChI=1S/C17H22N4O3/c1-10-14(9-21(2)20-10)17(23)19-16(12-6-13(22)7-12)11-4-5-15(24-3)18-8-11/h4-5,8-9,12-13,16,22H,6-7H2,1-3H3,(H,19,23)/t12?,13?,16-/m1/s1. The third-order valence-corrected chi connectivity index (χ3v) is 4.49. The second kappa shape index (κ2) is 6.60. The van der Waals surface area contributed by atoms with Gasteiger partial charge in [-0.1, -0.05) is 6.07 Å². The average molecular weight is 330 g/mol. The number of aliphatic hydroxyl groups excluding tert-OH is 1. The summed E-state index contributed by atoms with van der Waals surface area (Å²) in [5.41, 5.74) is 2.15. The molecule has 1 amide bonds. The van der Waals surface area contributed by atoms with Crippen molar-refractivity contribution in [2.75, 3.05) is 7.11 Å². The fourth-order valence-electron chi connectivity index (χ4n) is 3.11. The van der Waals surface area contributed by atoms with Crippen molar-refractivity contribution < 1.29 is 14.6 Å². The molecule has 2 aromatic rings. The second-order valence-corrected chi connectivity index (χ2v) is 6.27. The van der Waals surface area contributed by atoms with E-state index in [1.807, 2.05) is 13.0 Å². The van der Waals surface area contributed by atoms with E-state index in [1.165, 1.54) is 0 Å². The van der Waals surface area contributed by atoms with Crippen molar-refractivity contribution in [3.63, 3.8) is 0 Å². The van der Waals surface area contributed by atoms with Crippen LogP contribution in [0.25, 0.3) is 0 Å². The minimum atomic E-state index is -0.291. The van der Waals surface area contributed by atoms with Crippen molar-refractivity contribution >= 4 is 5.91 Å². The molecule has 0 bridgehead atoms. The Labute approximate surface area is 140 Å². The lowest BCUT2D eigenvalue weighted by Gasteiger charge is -2.38. The van der Waals surface area contributed by atoms with E-state index in [0.29, 0.717) is 30.0 Å². The number of carbonyl (C=O) groups excluding carboxylic acids is 1. The van der Waals surface area contributed by atoms with Crippen LogP contribution in [0.3, 0.4) is 0 Å². The minimum Gasteiger partial charge on any atom is -0.481 e. The number of pyridine rings is 1. The van der Waals surface area contributed by atoms with Crippen LogP contribution in [0.4, 0.5) is 0 Å². The molecule has 0 radical (unpaired) electrons. The number of hydrogen-bond donors (Lipinski definition) is 2. The highest BCUT2D eigenvalue weighted by atomic mass is 16.5. The van der Waals surface area contributed by atoms with E-state index in [4.69, 9.17) is 4.74 Å². The van der Waals surface area contributed by atoms with Gasteiger partial charge in [-0.2, -0.15) is 5.10 Å². The Morgan fingerprint density at radius 3 is 2.71 bits per heavy atom. The first-order chi connectivity index (χ1) is 11.5. The number of aliphatic hydroxyl groups is 1. The smallest absolute Gasteiger partial charge is 0.255 e. The van der Waals surface area contributed by atoms with Gasteiger partial charge in [0.1, 0.15) is 0 Å². The summed E-state index contributed by atoms with van der Waals surface area (Å²) in [5, 5.41) is 16.9. The summed E-state index contributed by atoms with van der Waals surface area (Å²) in [6.45, 7) is 1.81. The normalized spacial score (nSPS) is 21.0. The third kappa shape index (κ3) is 3.26. The van der Waals surface area contributed by atoms with Crippen molar-refractivity contribution in [3.05, 3.63) is 41.3 Å². The molecule has 0 aromatic carbocycles. The Kier molecular flexibility index (Phi) is 4.53. The molecule has 7 heteroatoms. The lowest BCUT2D eigenvalue weighted by atomic mass is 9.75. The molecule has 2 aromatic heterocycles. The molecule has 0 saturated heterocycles. The Bertz CT molecular complexity index is 720. The van der Waals surface area contributed by atoms with E-state index in [0.717, 1.165) is 5.56 Å². The molecular weight excluding hydrogens is 308 g/mol. The first kappa shape index (κ1) is 16.4. The van der Waals surface area contributed by atoms with Crippen molar-refractivity contribution in [1.29, 1.82) is 0 Å². The number of aryl methyl sites for hydroxylation is 2. The SMILES string of the molecule is COc1ccc([C@@H](NC(=O)c2cn(C)nc2C)C2CC(O)C2)cn1. The number of nitrogens with zero attached hydrogens (tertiary/aromatic N) is 3. The number of rotatable bonds is 5. The lowest BCUT2D eigenvalue weighted by Crippen LogP contribution is -2.41. The Morgan fingerprint density at radius 2 is 2.21 bits per heavy atom. The van der Waals surface area contributed by atoms with Crippen molar-refractivity contribution in [2.24, 2.45) is 13.0 Å². The molecule has 3 rings (SSSR count). The van der Waals surface area contributed by atoms with Crippen LogP contribution in [0, 0.1) is 12.8 Å². The summed E-state index contributed by atoms with van der Waals surface area (Å²) < 4.78 is 6.71. The van der Waals surface area contributed by atoms with Gasteiger partial charge in [-0.3, -0.25) is 9.48 Å². The van der Waals surface area contributed by atoms with Gasteiger partial charge in [-0.05, 0) is 31.2 Å². The maximum Gasteiger partial charge on any atom is 0.255 e. The van der Waals surface area contributed by atoms with Crippen LogP contribution in [-0.4, -0.2) is 39.0 Å². The van der Waals surface area contributed by atoms with Crippen LogP contribution in [0.1, 0.15) is 40.5 Å². The molecule has 1 aliphatic rings. The molecular formula is C17H22N4O3. The van der Waals surface area contributed by atoms with Crippen LogP contribution >= 0.6 is 0 Å². The Hall–Kier alpha value is -2.41. The quantitative estimate of drug-likeness (QED) is 0.864. The summed E-state index contributed by atoms with van der Waals surface area (Å²) >= 11 is 0. The Balaban J connectivity index is 1.82. The predicted molar refractivity (Wildman–Crippen MR) is 87.7 cm³/mol. The highest BCUT2D eigenvalue weighted by Crippen LogP contribution is 2.38. The average Bonchev–Trinajstić information content (AvgIpc) is 2.88. The summed E-state index contributed by atoms with van der Waals surface area (Å²) in [7, 11) is 3.35. The number of aromatic nitrogens is 3. The molecule has 1 fully saturated rings. The van der Waals surface area contributed by atoms with Crippen LogP contribution in [0.2, 0.25) is 0 Å². The van der Waals surface area contributed by atoms with E-state index in [2.05, 4.69) is 15.4 Å². The largest absolute Gasteiger partial charge is 0.481 e. The maximum absolute atomic E-state index is 12.6. The van der Waals surface area contributed by atoms with Gasteiger partial charge in [0.15, 0.2) is 0 Å². The monoisotopic (exact) mass is 330 g/mol. The van der Waals surface area contributed by atoms with Gasteiger partial charge >= 0.3 is 0 Å². The molecule has 128 valence electrons. The van der Waals surface area contributed by atoms with Gasteiger partial charge < -0.3 is 15.2 Å². The molecule has 0 unspecified atom stereocenters. The lowest BCUT2D eigenvalue weighted by molar-refractivity contribution is 0.0234. The molecule has 7 nitrogen and oxygen atoms in total. The van der Waals surface area contributed by atoms with Gasteiger partial charge in [0.05, 0.1) is 30.5 Å². The third-order valence-electron chi connectivity index (χ3n) is 4.49. The van der Waals surface area contributed by atoms with Crippen molar-refractivity contribution in [3.8, 4) is 5.88 Å². The highest BCUT2D eigenvalue weighted by molar-refractivity contribution is 5.95. The zero-order chi connectivity index (χ0) is 17.3. The molecule has 1 saturated carbocycles. The maximum atomic E-state index is 12.6. The summed E-state index contributed by atoms with van der Waals surface area (Å²) in [5.74, 6) is 0.555. The number of amides is 1. The van der Waals surface area contributed by atoms with Crippen LogP contribution < -0.4 is 10.1 Å². The van der Waals surface area contributed by atoms with E-state index >= 15 is 0 Å². The molecule has 1 aliphatic carbocycles. The van der Waals surface area contributed by atoms with Crippen LogP contribution in [0.15, 0.2) is 24.5 Å². The number of hydrogen-bond acceptors (Lipinski definition) is 5. The van der Waals surface area contributed by atoms with Gasteiger partial charge in [-0.25, -0.2) is 4.98 Å². The minimum absolute atomic E-state index is 0.164. The molecule has 2 heterocycles. The van der Waals surface area contributed by atoms with Gasteiger partial charge in [0.2, 0.25) is 5.88 Å². The number of nitrogens with one attached hydrogen (secondary N) is 1. The zero-order valence-corrected chi connectivity index (χ0v) is 14.1. The van der Waals surface area contributed by atoms with Gasteiger partial charge in [0, 0.05) is 25.5 Å². The number of ether oxygens (including phenoxy) is 1. The molecule has 0 aliphatic heterocycles. The van der Waals surface area contributed by atoms with Gasteiger partial charge in [0.25, 0.3) is 5.91 Å². The van der Waals surface area contributed by atoms with Crippen LogP contribution in [-0.2, 0) is 7.05 Å². The molecule has 2 N–H and O–H groups in total. The van der Waals surface area contributed by atoms with E-state index in [1.54, 1.807) is 37.3 Å². The van der Waals surface area contributed by atoms with Crippen molar-refractivity contribution in [2.45, 2.75) is 31.9 Å². The van der Waals surface area contributed by atoms with E-state index in [-0.39, 0.29) is 24.0 Å². The van der Waals surface area contributed by atoms with Gasteiger partial charge in [-0.15, -0.1) is 0 Å². The number of carbonyl (C=O) groups is 1. The first-order valence-corrected chi connectivity index (χ1v) is 7.97. The summed E-state index contributed by atoms with van der Waals surface area (Å²) in [6.07, 6.45) is 4.47. The Morgan fingerprint density at radius 1 is 1.46 bits per heavy atom. The summed E-state index contributed by atoms with van der Waals surface area (Å²) in [6, 6.07) is 3.48. The highest BCUT2D eigenvalue weighted by Gasteiger charge is 2.36. The molecule has 24 heavy (non-hydrogen) atoms. The second-order valence-electron chi connectivity index (χ2n) is 6.27. The molecule has 1 atom stereocenters. The fourth-order valence-corrected chi connectivity index (χ4v) is 3.11. The van der Waals surface area contributed by atoms with E-state index in [9.17, 15) is 9.90 Å². The first-order valence-electron chi connectivity index (χ1n) is 7.97. The topological polar surface area (TPSA) is 89.3 Å². The number of methoxy groups -OCH3 is 1. The van der Waals surface area contributed by atoms with Crippen molar-refractivity contribution in [1.82, 2.24) is 20.1 Å². The summed E-state index contributed by atoms with van der Waals surface area (Å²) in [4.78, 5) is 16.9. The fraction of sp³-hybridized carbons (Fsp3) is 0.471. The predicted octanol–water partition coefficient (Wildman–Crippen LogP) is 1.37. The van der Waals surface area contributed by atoms with E-state index < -0.39 is 0 Å². The van der Waals surface area contributed by atoms with Crippen LogP contribution in [0.5, 0.6) is 5.88 Å². The molecule has 0 spiro atoms.